The van der Waals surface area contributed by atoms with E-state index in [-0.39, 0.29) is 29.4 Å². The number of nitrogens with zero attached hydrogens (tertiary/aromatic N) is 1. The molecule has 1 fully saturated rings. The molecule has 0 radical (unpaired) electrons. The Morgan fingerprint density at radius 1 is 1.10 bits per heavy atom. The Hall–Kier alpha value is -2.88. The van der Waals surface area contributed by atoms with E-state index in [0.29, 0.717) is 5.76 Å². The maximum Gasteiger partial charge on any atom is 0.323 e. The molecule has 1 aliphatic rings. The molecule has 0 aliphatic carbocycles. The number of rotatable bonds is 6. The van der Waals surface area contributed by atoms with Gasteiger partial charge in [-0.05, 0) is 37.6 Å². The molecule has 29 heavy (non-hydrogen) atoms. The van der Waals surface area contributed by atoms with Crippen LogP contribution in [0.3, 0.4) is 0 Å². The molecule has 3 rings (SSSR count). The third-order valence-corrected chi connectivity index (χ3v) is 5.54. The van der Waals surface area contributed by atoms with Gasteiger partial charge in [0.2, 0.25) is 5.78 Å². The van der Waals surface area contributed by atoms with Crippen LogP contribution in [0.4, 0.5) is 0 Å². The van der Waals surface area contributed by atoms with Gasteiger partial charge >= 0.3 is 11.9 Å². The number of ketones is 1. The minimum atomic E-state index is -3.67. The zero-order valence-electron chi connectivity index (χ0n) is 16.4. The van der Waals surface area contributed by atoms with Crippen molar-refractivity contribution in [2.24, 2.45) is 5.92 Å². The highest BCUT2D eigenvalue weighted by Crippen LogP contribution is 2.27. The second kappa shape index (κ2) is 7.18. The van der Waals surface area contributed by atoms with Gasteiger partial charge in [0.05, 0.1) is 5.69 Å². The van der Waals surface area contributed by atoms with Crippen molar-refractivity contribution in [3.8, 4) is 0 Å². The van der Waals surface area contributed by atoms with Crippen LogP contribution in [-0.2, 0) is 35.4 Å². The van der Waals surface area contributed by atoms with Crippen LogP contribution in [0.25, 0.3) is 0 Å². The number of sulfone groups is 1. The van der Waals surface area contributed by atoms with Crippen molar-refractivity contribution in [3.05, 3.63) is 41.5 Å². The topological polar surface area (TPSA) is 122 Å². The van der Waals surface area contributed by atoms with Crippen molar-refractivity contribution < 1.29 is 36.7 Å². The van der Waals surface area contributed by atoms with Crippen LogP contribution in [-0.4, -0.2) is 42.7 Å². The number of carbonyl (C=O) groups excluding carboxylic acids is 3. The first-order valence-electron chi connectivity index (χ1n) is 8.85. The first kappa shape index (κ1) is 20.8. The smallest absolute Gasteiger partial charge is 0.323 e. The lowest BCUT2D eigenvalue weighted by Crippen LogP contribution is -2.46. The highest BCUT2D eigenvalue weighted by atomic mass is 32.2. The van der Waals surface area contributed by atoms with E-state index in [1.165, 1.54) is 36.6 Å². The first-order chi connectivity index (χ1) is 13.4. The molecule has 1 aliphatic heterocycles. The summed E-state index contributed by atoms with van der Waals surface area (Å²) in [7, 11) is -3.67. The second-order valence-corrected chi connectivity index (χ2v) is 9.27. The number of ether oxygens (including phenoxy) is 2. The lowest BCUT2D eigenvalue weighted by atomic mass is 10.0. The van der Waals surface area contributed by atoms with Gasteiger partial charge in [-0.15, -0.1) is 0 Å². The van der Waals surface area contributed by atoms with Crippen LogP contribution in [0.2, 0.25) is 0 Å². The molecule has 0 spiro atoms. The predicted molar refractivity (Wildman–Crippen MR) is 98.8 cm³/mol. The summed E-state index contributed by atoms with van der Waals surface area (Å²) in [6, 6.07) is 5.79. The quantitative estimate of drug-likeness (QED) is 0.392. The number of carbonyl (C=O) groups is 3. The lowest BCUT2D eigenvalue weighted by Gasteiger charge is -2.33. The van der Waals surface area contributed by atoms with Crippen LogP contribution in [0.5, 0.6) is 0 Å². The monoisotopic (exact) mass is 423 g/mol. The lowest BCUT2D eigenvalue weighted by molar-refractivity contribution is -0.240. The molecule has 0 bridgehead atoms. The van der Waals surface area contributed by atoms with Crippen molar-refractivity contribution in [3.63, 3.8) is 0 Å². The SMILES string of the molecule is Cc1ccc(C(=O)c2ccc(S(C)(=O)=O)n2CCC2C(=O)OC(C)(C)OC2=O)o1. The zero-order valence-corrected chi connectivity index (χ0v) is 17.2. The van der Waals surface area contributed by atoms with Gasteiger partial charge in [0.25, 0.3) is 5.79 Å². The third kappa shape index (κ3) is 4.26. The van der Waals surface area contributed by atoms with Gasteiger partial charge in [-0.25, -0.2) is 8.42 Å². The fraction of sp³-hybridized carbons (Fsp3) is 0.421. The standard InChI is InChI=1S/C19H21NO8S/c1-11-5-7-14(26-11)16(21)13-6-8-15(29(4,24)25)20(13)10-9-12-17(22)27-19(2,3)28-18(12)23/h5-8,12H,9-10H2,1-4H3. The zero-order chi connectivity index (χ0) is 21.6. The van der Waals surface area contributed by atoms with Gasteiger partial charge in [0.15, 0.2) is 21.5 Å². The highest BCUT2D eigenvalue weighted by molar-refractivity contribution is 7.90. The number of aromatic nitrogens is 1. The van der Waals surface area contributed by atoms with Crippen LogP contribution >= 0.6 is 0 Å². The maximum atomic E-state index is 12.8. The molecule has 9 nitrogen and oxygen atoms in total. The molecule has 0 atom stereocenters. The summed E-state index contributed by atoms with van der Waals surface area (Å²) in [5.74, 6) is -4.00. The number of esters is 2. The number of cyclic esters (lactones) is 2. The summed E-state index contributed by atoms with van der Waals surface area (Å²) in [6.07, 6.45) is 0.915. The average molecular weight is 423 g/mol. The summed E-state index contributed by atoms with van der Waals surface area (Å²) in [6.45, 7) is 4.47. The Morgan fingerprint density at radius 2 is 1.72 bits per heavy atom. The predicted octanol–water partition coefficient (Wildman–Crippen LogP) is 1.87. The second-order valence-electron chi connectivity index (χ2n) is 7.30. The fourth-order valence-corrected chi connectivity index (χ4v) is 4.03. The molecule has 0 unspecified atom stereocenters. The molecular weight excluding hydrogens is 402 g/mol. The molecule has 0 amide bonds. The molecule has 10 heteroatoms. The van der Waals surface area contributed by atoms with E-state index in [1.807, 2.05) is 0 Å². The van der Waals surface area contributed by atoms with Gasteiger partial charge in [0, 0.05) is 26.6 Å². The minimum absolute atomic E-state index is 0.0557. The molecule has 156 valence electrons. The van der Waals surface area contributed by atoms with E-state index in [9.17, 15) is 22.8 Å². The van der Waals surface area contributed by atoms with Gasteiger partial charge in [0.1, 0.15) is 10.8 Å². The molecule has 1 saturated heterocycles. The van der Waals surface area contributed by atoms with Gasteiger partial charge < -0.3 is 18.5 Å². The molecule has 0 N–H and O–H groups in total. The van der Waals surface area contributed by atoms with E-state index in [2.05, 4.69) is 0 Å². The normalized spacial score (nSPS) is 17.1. The third-order valence-electron chi connectivity index (χ3n) is 4.42. The number of furan rings is 1. The van der Waals surface area contributed by atoms with Gasteiger partial charge in [-0.3, -0.25) is 14.4 Å². The molecule has 3 heterocycles. The van der Waals surface area contributed by atoms with Crippen molar-refractivity contribution in [2.45, 2.75) is 44.5 Å². The van der Waals surface area contributed by atoms with Crippen molar-refractivity contribution in [2.75, 3.05) is 6.26 Å². The molecule has 2 aromatic rings. The summed E-state index contributed by atoms with van der Waals surface area (Å²) in [5, 5.41) is -0.109. The Labute approximate surface area is 167 Å². The molecular formula is C19H21NO8S. The Bertz CT molecular complexity index is 1070. The summed E-state index contributed by atoms with van der Waals surface area (Å²) in [5.41, 5.74) is 0.0673. The number of aryl methyl sites for hydroxylation is 1. The van der Waals surface area contributed by atoms with Crippen LogP contribution in [0, 0.1) is 12.8 Å². The van der Waals surface area contributed by atoms with Crippen molar-refractivity contribution in [1.82, 2.24) is 4.57 Å². The Balaban J connectivity index is 1.91. The van der Waals surface area contributed by atoms with E-state index < -0.39 is 39.3 Å². The summed E-state index contributed by atoms with van der Waals surface area (Å²) >= 11 is 0. The first-order valence-corrected chi connectivity index (χ1v) is 10.7. The van der Waals surface area contributed by atoms with Gasteiger partial charge in [-0.1, -0.05) is 0 Å². The fourth-order valence-electron chi connectivity index (χ4n) is 3.12. The summed E-state index contributed by atoms with van der Waals surface area (Å²) in [4.78, 5) is 37.1. The number of hydrogen-bond donors (Lipinski definition) is 0. The highest BCUT2D eigenvalue weighted by Gasteiger charge is 2.43. The van der Waals surface area contributed by atoms with E-state index >= 15 is 0 Å². The number of hydrogen-bond acceptors (Lipinski definition) is 8. The van der Waals surface area contributed by atoms with Crippen molar-refractivity contribution in [1.29, 1.82) is 0 Å². The van der Waals surface area contributed by atoms with Crippen LogP contribution < -0.4 is 0 Å². The minimum Gasteiger partial charge on any atom is -0.458 e. The Kier molecular flexibility index (Phi) is 5.16. The van der Waals surface area contributed by atoms with E-state index in [4.69, 9.17) is 13.9 Å². The van der Waals surface area contributed by atoms with Crippen molar-refractivity contribution >= 4 is 27.6 Å². The van der Waals surface area contributed by atoms with Crippen LogP contribution in [0.1, 0.15) is 42.3 Å². The largest absolute Gasteiger partial charge is 0.458 e. The average Bonchev–Trinajstić information content (AvgIpc) is 3.18. The van der Waals surface area contributed by atoms with Crippen LogP contribution in [0.15, 0.2) is 33.7 Å². The molecule has 2 aromatic heterocycles. The summed E-state index contributed by atoms with van der Waals surface area (Å²) < 4.78 is 41.1. The maximum absolute atomic E-state index is 12.8. The molecule has 0 aromatic carbocycles. The Morgan fingerprint density at radius 3 is 2.24 bits per heavy atom. The van der Waals surface area contributed by atoms with Gasteiger partial charge in [-0.2, -0.15) is 0 Å². The van der Waals surface area contributed by atoms with E-state index in [0.717, 1.165) is 6.26 Å². The van der Waals surface area contributed by atoms with E-state index in [1.54, 1.807) is 13.0 Å². The molecule has 0 saturated carbocycles.